The van der Waals surface area contributed by atoms with Gasteiger partial charge in [0.25, 0.3) is 0 Å². The van der Waals surface area contributed by atoms with Crippen molar-refractivity contribution in [2.75, 3.05) is 4.90 Å². The van der Waals surface area contributed by atoms with E-state index in [2.05, 4.69) is 234 Å². The molecule has 0 aliphatic carbocycles. The highest BCUT2D eigenvalue weighted by Crippen LogP contribution is 2.48. The fourth-order valence-corrected chi connectivity index (χ4v) is 11.7. The Morgan fingerprint density at radius 1 is 0.358 bits per heavy atom. The molecule has 0 N–H and O–H groups in total. The van der Waals surface area contributed by atoms with Gasteiger partial charge in [-0.2, -0.15) is 0 Å². The maximum Gasteiger partial charge on any atom is 0.159 e. The number of thiazole rings is 1. The van der Waals surface area contributed by atoms with E-state index in [0.717, 1.165) is 83.2 Å². The Labute approximate surface area is 389 Å². The van der Waals surface area contributed by atoms with Crippen LogP contribution in [0.3, 0.4) is 0 Å². The highest BCUT2D eigenvalue weighted by atomic mass is 32.1. The molecule has 4 nitrogen and oxygen atoms in total. The van der Waals surface area contributed by atoms with E-state index >= 15 is 0 Å². The van der Waals surface area contributed by atoms with Crippen LogP contribution in [0.15, 0.2) is 239 Å². The average molecular weight is 875 g/mol. The number of hydrogen-bond donors (Lipinski definition) is 0. The zero-order chi connectivity index (χ0) is 44.0. The molecule has 0 bridgehead atoms. The van der Waals surface area contributed by atoms with E-state index in [0.29, 0.717) is 0 Å². The third-order valence-corrected chi connectivity index (χ3v) is 14.6. The van der Waals surface area contributed by atoms with Gasteiger partial charge in [0.05, 0.1) is 27.1 Å². The number of fused-ring (bicyclic) bond motifs is 11. The maximum atomic E-state index is 7.01. The van der Waals surface area contributed by atoms with Gasteiger partial charge in [0.2, 0.25) is 0 Å². The number of benzene rings is 10. The standard InChI is InChI=1S/C62H38N2O2S/c1-4-15-39(16-5-1)40-29-32-44(33-30-40)63(54-27-14-25-51-50-24-12-22-46(59(50)66-60(51)54)41-17-6-2-7-18-41)45-34-36-49-48-35-31-43(37-56(48)65-57(49)38-45)47-23-13-28-55-61(47)67-62-58(42-19-8-3-9-20-42)52-21-10-11-26-53(52)64(55)62/h1-38H. The van der Waals surface area contributed by atoms with E-state index in [4.69, 9.17) is 8.83 Å². The smallest absolute Gasteiger partial charge is 0.159 e. The van der Waals surface area contributed by atoms with Crippen LogP contribution < -0.4 is 4.90 Å². The largest absolute Gasteiger partial charge is 0.456 e. The molecule has 10 aromatic carbocycles. The van der Waals surface area contributed by atoms with Crippen molar-refractivity contribution in [1.29, 1.82) is 0 Å². The molecule has 0 saturated heterocycles. The molecule has 67 heavy (non-hydrogen) atoms. The Hall–Kier alpha value is -8.64. The van der Waals surface area contributed by atoms with E-state index in [9.17, 15) is 0 Å². The average Bonchev–Trinajstić information content (AvgIpc) is 4.16. The Morgan fingerprint density at radius 3 is 1.72 bits per heavy atom. The Morgan fingerprint density at radius 2 is 0.925 bits per heavy atom. The monoisotopic (exact) mass is 874 g/mol. The van der Waals surface area contributed by atoms with Gasteiger partial charge in [-0.15, -0.1) is 11.3 Å². The van der Waals surface area contributed by atoms with Crippen molar-refractivity contribution in [3.8, 4) is 44.5 Å². The quantitative estimate of drug-likeness (QED) is 0.160. The summed E-state index contributed by atoms with van der Waals surface area (Å²) < 4.78 is 17.6. The van der Waals surface area contributed by atoms with Gasteiger partial charge in [0, 0.05) is 55.4 Å². The van der Waals surface area contributed by atoms with Crippen LogP contribution in [-0.4, -0.2) is 4.40 Å². The van der Waals surface area contributed by atoms with Crippen LogP contribution in [0.1, 0.15) is 0 Å². The normalized spacial score (nSPS) is 11.9. The van der Waals surface area contributed by atoms with Crippen molar-refractivity contribution in [2.45, 2.75) is 0 Å². The lowest BCUT2D eigenvalue weighted by Gasteiger charge is -2.25. The zero-order valence-electron chi connectivity index (χ0n) is 36.1. The van der Waals surface area contributed by atoms with E-state index < -0.39 is 0 Å². The number of nitrogens with zero attached hydrogens (tertiary/aromatic N) is 2. The summed E-state index contributed by atoms with van der Waals surface area (Å²) in [6, 6.07) is 82.2. The minimum atomic E-state index is 0.821. The molecule has 4 aromatic heterocycles. The summed E-state index contributed by atoms with van der Waals surface area (Å²) >= 11 is 1.86. The molecular formula is C62H38N2O2S. The van der Waals surface area contributed by atoms with Crippen molar-refractivity contribution < 1.29 is 8.83 Å². The van der Waals surface area contributed by atoms with Crippen LogP contribution in [0, 0.1) is 0 Å². The van der Waals surface area contributed by atoms with Gasteiger partial charge < -0.3 is 13.7 Å². The van der Waals surface area contributed by atoms with E-state index in [-0.39, 0.29) is 0 Å². The molecule has 5 heteroatoms. The van der Waals surface area contributed by atoms with Crippen LogP contribution >= 0.6 is 11.3 Å². The van der Waals surface area contributed by atoms with Gasteiger partial charge >= 0.3 is 0 Å². The number of furan rings is 2. The van der Waals surface area contributed by atoms with Gasteiger partial charge in [0.1, 0.15) is 21.6 Å². The van der Waals surface area contributed by atoms with Gasteiger partial charge in [-0.3, -0.25) is 4.40 Å². The topological polar surface area (TPSA) is 33.9 Å². The van der Waals surface area contributed by atoms with Crippen molar-refractivity contribution in [1.82, 2.24) is 4.40 Å². The molecule has 0 aliphatic heterocycles. The second-order valence-electron chi connectivity index (χ2n) is 17.2. The Bertz CT molecular complexity index is 4200. The molecule has 0 atom stereocenters. The summed E-state index contributed by atoms with van der Waals surface area (Å²) in [7, 11) is 0. The number of hydrogen-bond acceptors (Lipinski definition) is 4. The third-order valence-electron chi connectivity index (χ3n) is 13.4. The summed E-state index contributed by atoms with van der Waals surface area (Å²) in [6.45, 7) is 0. The minimum absolute atomic E-state index is 0.821. The van der Waals surface area contributed by atoms with Crippen LogP contribution in [0.2, 0.25) is 0 Å². The van der Waals surface area contributed by atoms with Crippen LogP contribution in [0.5, 0.6) is 0 Å². The lowest BCUT2D eigenvalue weighted by molar-refractivity contribution is 0.668. The molecule has 0 aliphatic rings. The molecule has 14 aromatic rings. The molecule has 14 rings (SSSR count). The summed E-state index contributed by atoms with van der Waals surface area (Å²) in [5, 5.41) is 5.57. The lowest BCUT2D eigenvalue weighted by Crippen LogP contribution is -2.10. The van der Waals surface area contributed by atoms with Gasteiger partial charge in [-0.25, -0.2) is 0 Å². The Balaban J connectivity index is 0.919. The van der Waals surface area contributed by atoms with Crippen LogP contribution in [-0.2, 0) is 0 Å². The van der Waals surface area contributed by atoms with E-state index in [1.165, 1.54) is 48.2 Å². The molecule has 0 unspecified atom stereocenters. The minimum Gasteiger partial charge on any atom is -0.456 e. The van der Waals surface area contributed by atoms with E-state index in [1.807, 2.05) is 17.4 Å². The molecule has 4 heterocycles. The fourth-order valence-electron chi connectivity index (χ4n) is 10.3. The first-order valence-corrected chi connectivity index (χ1v) is 23.5. The lowest BCUT2D eigenvalue weighted by atomic mass is 10.0. The second-order valence-corrected chi connectivity index (χ2v) is 18.2. The predicted octanol–water partition coefficient (Wildman–Crippen LogP) is 18.2. The molecule has 0 radical (unpaired) electrons. The molecule has 0 spiro atoms. The van der Waals surface area contributed by atoms with Crippen molar-refractivity contribution in [3.05, 3.63) is 231 Å². The van der Waals surface area contributed by atoms with Crippen LogP contribution in [0.4, 0.5) is 17.1 Å². The van der Waals surface area contributed by atoms with E-state index in [1.54, 1.807) is 0 Å². The number of para-hydroxylation sites is 3. The van der Waals surface area contributed by atoms with Gasteiger partial charge in [0.15, 0.2) is 5.58 Å². The predicted molar refractivity (Wildman–Crippen MR) is 281 cm³/mol. The SMILES string of the molecule is c1ccc(-c2ccc(N(c3ccc4c(c3)oc3cc(-c5cccc6c5sc5c(-c7ccccc7)c7ccccc7n56)ccc34)c3cccc4c3oc3c(-c5ccccc5)cccc34)cc2)cc1. The first kappa shape index (κ1) is 37.7. The highest BCUT2D eigenvalue weighted by molar-refractivity contribution is 7.25. The van der Waals surface area contributed by atoms with Gasteiger partial charge in [-0.05, 0) is 82.4 Å². The van der Waals surface area contributed by atoms with Crippen LogP contribution in [0.25, 0.3) is 114 Å². The van der Waals surface area contributed by atoms with Crippen molar-refractivity contribution >= 4 is 98.2 Å². The fraction of sp³-hybridized carbons (Fsp3) is 0. The zero-order valence-corrected chi connectivity index (χ0v) is 36.9. The molecule has 0 amide bonds. The first-order chi connectivity index (χ1) is 33.2. The molecule has 0 fully saturated rings. The third kappa shape index (κ3) is 5.92. The second kappa shape index (κ2) is 15.0. The molecule has 0 saturated carbocycles. The summed E-state index contributed by atoms with van der Waals surface area (Å²) in [5.74, 6) is 0. The van der Waals surface area contributed by atoms with Crippen molar-refractivity contribution in [2.24, 2.45) is 0 Å². The first-order valence-electron chi connectivity index (χ1n) is 22.7. The highest BCUT2D eigenvalue weighted by Gasteiger charge is 2.23. The van der Waals surface area contributed by atoms with Crippen molar-refractivity contribution in [3.63, 3.8) is 0 Å². The number of rotatable bonds is 7. The molecular weight excluding hydrogens is 837 g/mol. The number of anilines is 3. The number of aromatic nitrogens is 1. The molecule has 314 valence electrons. The summed E-state index contributed by atoms with van der Waals surface area (Å²) in [6.07, 6.45) is 0. The van der Waals surface area contributed by atoms with Gasteiger partial charge in [-0.1, -0.05) is 170 Å². The summed E-state index contributed by atoms with van der Waals surface area (Å²) in [4.78, 5) is 3.55. The summed E-state index contributed by atoms with van der Waals surface area (Å²) in [5.41, 5.74) is 18.1. The Kier molecular flexibility index (Phi) is 8.42. The maximum absolute atomic E-state index is 7.01.